The van der Waals surface area contributed by atoms with Gasteiger partial charge in [-0.25, -0.2) is 9.67 Å². The Hall–Kier alpha value is -1.86. The van der Waals surface area contributed by atoms with E-state index in [1.807, 2.05) is 23.1 Å². The number of aromatic nitrogens is 3. The molecular formula is C17H22N4O2S. The average molecular weight is 346 g/mol. The van der Waals surface area contributed by atoms with E-state index in [9.17, 15) is 9.90 Å². The van der Waals surface area contributed by atoms with Crippen LogP contribution in [-0.2, 0) is 24.1 Å². The van der Waals surface area contributed by atoms with Gasteiger partial charge < -0.3 is 10.8 Å². The molecule has 0 saturated carbocycles. The summed E-state index contributed by atoms with van der Waals surface area (Å²) in [5.74, 6) is 1.30. The van der Waals surface area contributed by atoms with Gasteiger partial charge in [-0.05, 0) is 42.4 Å². The van der Waals surface area contributed by atoms with Gasteiger partial charge >= 0.3 is 0 Å². The molecule has 128 valence electrons. The van der Waals surface area contributed by atoms with Gasteiger partial charge in [-0.3, -0.25) is 4.79 Å². The van der Waals surface area contributed by atoms with Crippen LogP contribution in [0, 0.1) is 0 Å². The second-order valence-electron chi connectivity index (χ2n) is 6.10. The van der Waals surface area contributed by atoms with Gasteiger partial charge in [0.05, 0.1) is 12.5 Å². The maximum atomic E-state index is 11.2. The summed E-state index contributed by atoms with van der Waals surface area (Å²) in [6.07, 6.45) is 3.64. The average Bonchev–Trinajstić information content (AvgIpc) is 3.15. The first kappa shape index (κ1) is 17.0. The highest BCUT2D eigenvalue weighted by Crippen LogP contribution is 2.32. The molecule has 0 unspecified atom stereocenters. The van der Waals surface area contributed by atoms with E-state index < -0.39 is 12.0 Å². The van der Waals surface area contributed by atoms with Crippen LogP contribution in [0.25, 0.3) is 0 Å². The molecule has 0 spiro atoms. The third-order valence-electron chi connectivity index (χ3n) is 4.30. The molecule has 0 saturated heterocycles. The van der Waals surface area contributed by atoms with E-state index in [2.05, 4.69) is 22.2 Å². The molecule has 1 aliphatic carbocycles. The molecule has 1 atom stereocenters. The van der Waals surface area contributed by atoms with Crippen LogP contribution in [0.4, 0.5) is 0 Å². The highest BCUT2D eigenvalue weighted by Gasteiger charge is 2.28. The van der Waals surface area contributed by atoms with Crippen LogP contribution in [0.1, 0.15) is 41.3 Å². The monoisotopic (exact) mass is 346 g/mol. The smallest absolute Gasteiger partial charge is 0.225 e. The van der Waals surface area contributed by atoms with Crippen LogP contribution in [0.3, 0.4) is 0 Å². The van der Waals surface area contributed by atoms with Gasteiger partial charge in [0.25, 0.3) is 0 Å². The van der Waals surface area contributed by atoms with Crippen LogP contribution in [0.5, 0.6) is 0 Å². The third kappa shape index (κ3) is 3.62. The number of hydrogen-bond donors (Lipinski definition) is 2. The van der Waals surface area contributed by atoms with E-state index >= 15 is 0 Å². The van der Waals surface area contributed by atoms with Gasteiger partial charge in [0.15, 0.2) is 11.6 Å². The number of carbonyl (C=O) groups excluding carboxylic acids is 1. The molecule has 0 radical (unpaired) electrons. The lowest BCUT2D eigenvalue weighted by Crippen LogP contribution is -2.18. The summed E-state index contributed by atoms with van der Waals surface area (Å²) in [7, 11) is 0. The molecular weight excluding hydrogens is 324 g/mol. The Morgan fingerprint density at radius 3 is 2.67 bits per heavy atom. The number of fused-ring (bicyclic) bond motifs is 1. The summed E-state index contributed by atoms with van der Waals surface area (Å²) in [4.78, 5) is 15.6. The predicted octanol–water partition coefficient (Wildman–Crippen LogP) is 1.43. The molecule has 1 amide bonds. The summed E-state index contributed by atoms with van der Waals surface area (Å²) < 4.78 is 1.81. The lowest BCUT2D eigenvalue weighted by molar-refractivity contribution is -0.117. The molecule has 0 fully saturated rings. The Bertz CT molecular complexity index is 706. The molecule has 1 aromatic carbocycles. The fraction of sp³-hybridized carbons (Fsp3) is 0.471. The van der Waals surface area contributed by atoms with Crippen molar-refractivity contribution < 1.29 is 9.90 Å². The summed E-state index contributed by atoms with van der Waals surface area (Å²) in [5.41, 5.74) is 7.88. The molecule has 7 heteroatoms. The molecule has 24 heavy (non-hydrogen) atoms. The van der Waals surface area contributed by atoms with Crippen molar-refractivity contribution in [2.75, 3.05) is 12.0 Å². The van der Waals surface area contributed by atoms with Gasteiger partial charge in [-0.1, -0.05) is 24.3 Å². The van der Waals surface area contributed by atoms with E-state index in [1.54, 1.807) is 11.8 Å². The van der Waals surface area contributed by atoms with Crippen molar-refractivity contribution in [2.24, 2.45) is 5.73 Å². The zero-order valence-electron chi connectivity index (χ0n) is 13.7. The summed E-state index contributed by atoms with van der Waals surface area (Å²) in [6, 6.07) is 8.45. The van der Waals surface area contributed by atoms with Crippen molar-refractivity contribution in [1.82, 2.24) is 14.8 Å². The number of carbonyl (C=O) groups is 1. The van der Waals surface area contributed by atoms with Crippen LogP contribution < -0.4 is 5.73 Å². The minimum Gasteiger partial charge on any atom is -0.385 e. The van der Waals surface area contributed by atoms with Crippen molar-refractivity contribution in [1.29, 1.82) is 0 Å². The number of rotatable bonds is 7. The molecule has 3 rings (SSSR count). The fourth-order valence-corrected chi connectivity index (χ4v) is 3.63. The van der Waals surface area contributed by atoms with Crippen molar-refractivity contribution in [3.05, 3.63) is 47.0 Å². The quantitative estimate of drug-likeness (QED) is 0.791. The Balaban J connectivity index is 1.88. The van der Waals surface area contributed by atoms with E-state index in [0.717, 1.165) is 18.6 Å². The predicted molar refractivity (Wildman–Crippen MR) is 93.8 cm³/mol. The standard InChI is InChI=1S/C17H22N4O2S/c1-24-7-6-14(22)17-19-16(10-15(18)23)20-21(17)13-8-11-4-2-3-5-12(11)9-13/h2-5,13-14,22H,6-10H2,1H3,(H2,18,23)/t14-/m0/s1. The molecule has 1 aliphatic rings. The molecule has 1 heterocycles. The SMILES string of the molecule is CSCC[C@H](O)c1nc(CC(N)=O)nn1C1Cc2ccccc2C1. The topological polar surface area (TPSA) is 94.0 Å². The minimum absolute atomic E-state index is 0.00504. The number of primary amides is 1. The largest absolute Gasteiger partial charge is 0.385 e. The summed E-state index contributed by atoms with van der Waals surface area (Å²) in [5, 5.41) is 15.0. The molecule has 3 N–H and O–H groups in total. The minimum atomic E-state index is -0.685. The maximum absolute atomic E-state index is 11.2. The number of amides is 1. The molecule has 2 aromatic rings. The zero-order valence-corrected chi connectivity index (χ0v) is 14.5. The molecule has 6 nitrogen and oxygen atoms in total. The second-order valence-corrected chi connectivity index (χ2v) is 7.09. The highest BCUT2D eigenvalue weighted by atomic mass is 32.2. The van der Waals surface area contributed by atoms with Gasteiger partial charge in [0.1, 0.15) is 6.10 Å². The van der Waals surface area contributed by atoms with E-state index in [-0.39, 0.29) is 12.5 Å². The Morgan fingerprint density at radius 2 is 2.08 bits per heavy atom. The van der Waals surface area contributed by atoms with E-state index in [1.165, 1.54) is 11.1 Å². The number of benzene rings is 1. The summed E-state index contributed by atoms with van der Waals surface area (Å²) in [6.45, 7) is 0. The van der Waals surface area contributed by atoms with Crippen molar-refractivity contribution in [3.63, 3.8) is 0 Å². The summed E-state index contributed by atoms with van der Waals surface area (Å²) >= 11 is 1.68. The normalized spacial score (nSPS) is 15.4. The fourth-order valence-electron chi connectivity index (χ4n) is 3.18. The van der Waals surface area contributed by atoms with Crippen LogP contribution in [0.2, 0.25) is 0 Å². The first-order valence-corrected chi connectivity index (χ1v) is 9.45. The lowest BCUT2D eigenvalue weighted by atomic mass is 10.1. The second kappa shape index (κ2) is 7.36. The number of aliphatic hydroxyl groups is 1. The van der Waals surface area contributed by atoms with Crippen molar-refractivity contribution in [2.45, 2.75) is 37.8 Å². The molecule has 0 bridgehead atoms. The Kier molecular flexibility index (Phi) is 5.20. The Labute approximate surface area is 145 Å². The van der Waals surface area contributed by atoms with Crippen LogP contribution in [-0.4, -0.2) is 37.8 Å². The number of aliphatic hydroxyl groups excluding tert-OH is 1. The number of nitrogens with two attached hydrogens (primary N) is 1. The number of thioether (sulfide) groups is 1. The first-order valence-electron chi connectivity index (χ1n) is 8.06. The van der Waals surface area contributed by atoms with Crippen LogP contribution in [0.15, 0.2) is 24.3 Å². The molecule has 0 aliphatic heterocycles. The van der Waals surface area contributed by atoms with Crippen LogP contribution >= 0.6 is 11.8 Å². The number of hydrogen-bond acceptors (Lipinski definition) is 5. The maximum Gasteiger partial charge on any atom is 0.225 e. The van der Waals surface area contributed by atoms with E-state index in [4.69, 9.17) is 5.73 Å². The van der Waals surface area contributed by atoms with Crippen molar-refractivity contribution in [3.8, 4) is 0 Å². The van der Waals surface area contributed by atoms with Gasteiger partial charge in [-0.2, -0.15) is 16.9 Å². The van der Waals surface area contributed by atoms with Gasteiger partial charge in [-0.15, -0.1) is 0 Å². The van der Waals surface area contributed by atoms with E-state index in [0.29, 0.717) is 18.1 Å². The highest BCUT2D eigenvalue weighted by molar-refractivity contribution is 7.98. The number of nitrogens with zero attached hydrogens (tertiary/aromatic N) is 3. The van der Waals surface area contributed by atoms with Gasteiger partial charge in [0, 0.05) is 0 Å². The third-order valence-corrected chi connectivity index (χ3v) is 4.95. The lowest BCUT2D eigenvalue weighted by Gasteiger charge is -2.16. The first-order chi connectivity index (χ1) is 11.6. The van der Waals surface area contributed by atoms with Crippen molar-refractivity contribution >= 4 is 17.7 Å². The zero-order chi connectivity index (χ0) is 17.1. The van der Waals surface area contributed by atoms with Gasteiger partial charge in [0.2, 0.25) is 5.91 Å². The molecule has 1 aromatic heterocycles. The Morgan fingerprint density at radius 1 is 1.42 bits per heavy atom.